The van der Waals surface area contributed by atoms with Gasteiger partial charge >= 0.3 is 5.09 Å². The van der Waals surface area contributed by atoms with Crippen LogP contribution in [0.1, 0.15) is 0 Å². The monoisotopic (exact) mass is 236 g/mol. The highest BCUT2D eigenvalue weighted by atomic mass is 17.0. The molecule has 6 N–H and O–H groups in total. The summed E-state index contributed by atoms with van der Waals surface area (Å²) in [6.07, 6.45) is 1.55. The van der Waals surface area contributed by atoms with Crippen molar-refractivity contribution in [2.45, 2.75) is 5.72 Å². The van der Waals surface area contributed by atoms with Crippen LogP contribution in [-0.4, -0.2) is 22.4 Å². The smallest absolute Gasteiger partial charge is 0.275 e. The average Bonchev–Trinajstić information content (AvgIpc) is 2.16. The molecule has 0 saturated carbocycles. The summed E-state index contributed by atoms with van der Waals surface area (Å²) in [5.41, 5.74) is 1.79. The van der Waals surface area contributed by atoms with Gasteiger partial charge in [-0.25, -0.2) is 10.3 Å². The maximum Gasteiger partial charge on any atom is 0.308 e. The van der Waals surface area contributed by atoms with Gasteiger partial charge in [-0.1, -0.05) is 0 Å². The molecule has 0 aliphatic carbocycles. The first-order valence-corrected chi connectivity index (χ1v) is 3.54. The molecule has 12 heteroatoms. The van der Waals surface area contributed by atoms with Gasteiger partial charge in [-0.3, -0.25) is 21.9 Å². The molecule has 0 spiro atoms. The van der Waals surface area contributed by atoms with E-state index in [9.17, 15) is 20.2 Å². The Morgan fingerprint density at radius 3 is 2.31 bits per heavy atom. The van der Waals surface area contributed by atoms with Gasteiger partial charge in [0.05, 0.1) is 6.54 Å². The molecule has 0 amide bonds. The lowest BCUT2D eigenvalue weighted by molar-refractivity contribution is -0.778. The van der Waals surface area contributed by atoms with Crippen LogP contribution in [0.5, 0.6) is 0 Å². The molecule has 12 nitrogen and oxygen atoms in total. The molecule has 0 fully saturated rings. The molecule has 0 radical (unpaired) electrons. The Morgan fingerprint density at radius 1 is 1.31 bits per heavy atom. The first-order chi connectivity index (χ1) is 7.45. The molecule has 0 bridgehead atoms. The zero-order chi connectivity index (χ0) is 12.6. The van der Waals surface area contributed by atoms with Crippen molar-refractivity contribution in [3.63, 3.8) is 0 Å². The molecule has 90 valence electrons. The van der Waals surface area contributed by atoms with Crippen LogP contribution in [0.15, 0.2) is 0 Å². The lowest BCUT2D eigenvalue weighted by Gasteiger charge is -2.23. The van der Waals surface area contributed by atoms with Crippen molar-refractivity contribution in [1.29, 1.82) is 0 Å². The van der Waals surface area contributed by atoms with E-state index in [-0.39, 0.29) is 0 Å². The minimum absolute atomic E-state index is 0.418. The molecule has 0 aromatic rings. The third kappa shape index (κ3) is 4.88. The number of hydrogen-bond donors (Lipinski definition) is 4. The van der Waals surface area contributed by atoms with Crippen molar-refractivity contribution in [3.8, 4) is 12.0 Å². The van der Waals surface area contributed by atoms with Crippen molar-refractivity contribution in [2.24, 2.45) is 11.7 Å². The van der Waals surface area contributed by atoms with Gasteiger partial charge in [0.1, 0.15) is 6.11 Å². The fraction of sp³-hybridized carbons (Fsp3) is 0.500. The van der Waals surface area contributed by atoms with E-state index in [4.69, 9.17) is 11.7 Å². The van der Waals surface area contributed by atoms with E-state index in [1.54, 1.807) is 6.11 Å². The second kappa shape index (κ2) is 6.31. The van der Waals surface area contributed by atoms with Crippen LogP contribution in [-0.2, 0) is 9.68 Å². The molecule has 0 aliphatic rings. The van der Waals surface area contributed by atoms with Crippen molar-refractivity contribution < 1.29 is 19.8 Å². The van der Waals surface area contributed by atoms with Gasteiger partial charge in [0.15, 0.2) is 0 Å². The Hall–Kier alpha value is -2.20. The van der Waals surface area contributed by atoms with Crippen LogP contribution in [0, 0.1) is 32.3 Å². The molecule has 0 saturated heterocycles. The Labute approximate surface area is 88.0 Å². The van der Waals surface area contributed by atoms with Crippen molar-refractivity contribution in [2.75, 3.05) is 6.54 Å². The number of nitrogens with one attached hydrogen (secondary N) is 2. The highest BCUT2D eigenvalue weighted by molar-refractivity contribution is 5.09. The summed E-state index contributed by atoms with van der Waals surface area (Å²) in [5, 5.41) is 17.5. The number of rotatable bonds is 6. The SMILES string of the molecule is NNCC(C#CO[N+](=O)[O-])(NN)O[N+](=O)[O-]. The van der Waals surface area contributed by atoms with Crippen LogP contribution in [0.4, 0.5) is 0 Å². The largest absolute Gasteiger partial charge is 0.308 e. The molecule has 0 aromatic heterocycles. The first kappa shape index (κ1) is 13.8. The summed E-state index contributed by atoms with van der Waals surface area (Å²) in [5.74, 6) is 11.8. The molecule has 0 aliphatic heterocycles. The molecule has 1 atom stereocenters. The Morgan fingerprint density at radius 2 is 1.94 bits per heavy atom. The Kier molecular flexibility index (Phi) is 5.45. The van der Waals surface area contributed by atoms with E-state index in [1.807, 2.05) is 16.8 Å². The Bertz CT molecular complexity index is 323. The van der Waals surface area contributed by atoms with E-state index in [2.05, 4.69) is 9.68 Å². The van der Waals surface area contributed by atoms with E-state index >= 15 is 0 Å². The maximum atomic E-state index is 10.1. The third-order valence-electron chi connectivity index (χ3n) is 1.19. The van der Waals surface area contributed by atoms with Gasteiger partial charge in [-0.2, -0.15) is 0 Å². The predicted octanol–water partition coefficient (Wildman–Crippen LogP) is -3.01. The van der Waals surface area contributed by atoms with E-state index < -0.39 is 22.4 Å². The fourth-order valence-electron chi connectivity index (χ4n) is 0.626. The average molecular weight is 236 g/mol. The van der Waals surface area contributed by atoms with Crippen LogP contribution in [0.2, 0.25) is 0 Å². The molecular formula is C4H8N6O6. The fourth-order valence-corrected chi connectivity index (χ4v) is 0.626. The topological polar surface area (TPSA) is 181 Å². The summed E-state index contributed by atoms with van der Waals surface area (Å²) in [4.78, 5) is 27.6. The minimum atomic E-state index is -2.05. The molecular weight excluding hydrogens is 228 g/mol. The normalized spacial score (nSPS) is 12.9. The van der Waals surface area contributed by atoms with E-state index in [0.717, 1.165) is 0 Å². The summed E-state index contributed by atoms with van der Waals surface area (Å²) in [6, 6.07) is 0. The van der Waals surface area contributed by atoms with Gasteiger partial charge in [-0.15, -0.1) is 20.2 Å². The van der Waals surface area contributed by atoms with Crippen LogP contribution in [0.3, 0.4) is 0 Å². The molecule has 1 unspecified atom stereocenters. The minimum Gasteiger partial charge on any atom is -0.275 e. The third-order valence-corrected chi connectivity index (χ3v) is 1.19. The van der Waals surface area contributed by atoms with Crippen molar-refractivity contribution in [3.05, 3.63) is 20.2 Å². The molecule has 16 heavy (non-hydrogen) atoms. The van der Waals surface area contributed by atoms with Gasteiger partial charge in [0.25, 0.3) is 10.8 Å². The van der Waals surface area contributed by atoms with Crippen LogP contribution < -0.4 is 22.5 Å². The van der Waals surface area contributed by atoms with Crippen LogP contribution in [0.25, 0.3) is 0 Å². The van der Waals surface area contributed by atoms with Gasteiger partial charge in [-0.05, 0) is 5.92 Å². The quantitative estimate of drug-likeness (QED) is 0.122. The van der Waals surface area contributed by atoms with Crippen molar-refractivity contribution in [1.82, 2.24) is 10.9 Å². The predicted molar refractivity (Wildman–Crippen MR) is 46.2 cm³/mol. The van der Waals surface area contributed by atoms with Crippen molar-refractivity contribution >= 4 is 0 Å². The number of hydrazine groups is 2. The summed E-state index contributed by atoms with van der Waals surface area (Å²) < 4.78 is 0. The molecule has 0 heterocycles. The lowest BCUT2D eigenvalue weighted by atomic mass is 10.2. The molecule has 0 aromatic carbocycles. The van der Waals surface area contributed by atoms with Gasteiger partial charge < -0.3 is 0 Å². The number of nitrogens with zero attached hydrogens (tertiary/aromatic N) is 2. The highest BCUT2D eigenvalue weighted by Crippen LogP contribution is 2.02. The summed E-state index contributed by atoms with van der Waals surface area (Å²) in [7, 11) is 0. The highest BCUT2D eigenvalue weighted by Gasteiger charge is 2.31. The second-order valence-corrected chi connectivity index (χ2v) is 2.21. The van der Waals surface area contributed by atoms with Gasteiger partial charge in [0, 0.05) is 0 Å². The maximum absolute atomic E-state index is 10.1. The van der Waals surface area contributed by atoms with E-state index in [0.29, 0.717) is 0 Å². The second-order valence-electron chi connectivity index (χ2n) is 2.21. The summed E-state index contributed by atoms with van der Waals surface area (Å²) in [6.45, 7) is -0.418. The zero-order valence-corrected chi connectivity index (χ0v) is 7.71. The number of hydrogen-bond acceptors (Lipinski definition) is 10. The zero-order valence-electron chi connectivity index (χ0n) is 7.71. The lowest BCUT2D eigenvalue weighted by Crippen LogP contribution is -2.58. The standard InChI is InChI=1S/C4H8N6O6/c5-7-3-4(8-6,16-10(13)14)1-2-15-9(11)12/h7-8H,3,5-6H2. The van der Waals surface area contributed by atoms with Crippen LogP contribution >= 0.6 is 0 Å². The molecule has 0 rings (SSSR count). The first-order valence-electron chi connectivity index (χ1n) is 3.54. The Balaban J connectivity index is 4.78. The number of nitrogens with two attached hydrogens (primary N) is 2. The van der Waals surface area contributed by atoms with E-state index in [1.165, 1.54) is 0 Å². The van der Waals surface area contributed by atoms with Gasteiger partial charge in [0.2, 0.25) is 0 Å². The summed E-state index contributed by atoms with van der Waals surface area (Å²) >= 11 is 0.